The predicted molar refractivity (Wildman–Crippen MR) is 46.2 cm³/mol. The molecule has 5 heteroatoms. The Morgan fingerprint density at radius 3 is 2.08 bits per heavy atom. The first-order valence-corrected chi connectivity index (χ1v) is 6.86. The van der Waals surface area contributed by atoms with Gasteiger partial charge in [0.2, 0.25) is 8.32 Å². The molecule has 0 aliphatic carbocycles. The van der Waals surface area contributed by atoms with Crippen molar-refractivity contribution in [3.63, 3.8) is 0 Å². The second kappa shape index (κ2) is 4.06. The third-order valence-corrected chi connectivity index (χ3v) is 1.58. The van der Waals surface area contributed by atoms with Gasteiger partial charge in [0.05, 0.1) is 0 Å². The fraction of sp³-hybridized carbons (Fsp3) is 0.429. The van der Waals surface area contributed by atoms with Crippen LogP contribution in [0.5, 0.6) is 0 Å². The summed E-state index contributed by atoms with van der Waals surface area (Å²) < 4.78 is 4.94. The van der Waals surface area contributed by atoms with Gasteiger partial charge in [-0.1, -0.05) is 0 Å². The summed E-state index contributed by atoms with van der Waals surface area (Å²) in [5, 5.41) is 8.18. The van der Waals surface area contributed by atoms with Crippen LogP contribution < -0.4 is 0 Å². The lowest BCUT2D eigenvalue weighted by atomic mass is 10.5. The molecule has 12 heavy (non-hydrogen) atoms. The molecule has 0 aromatic heterocycles. The van der Waals surface area contributed by atoms with Gasteiger partial charge in [-0.25, -0.2) is 9.59 Å². The molecule has 0 saturated carbocycles. The van der Waals surface area contributed by atoms with Crippen LogP contribution in [0.1, 0.15) is 0 Å². The topological polar surface area (TPSA) is 63.6 Å². The van der Waals surface area contributed by atoms with E-state index >= 15 is 0 Å². The van der Waals surface area contributed by atoms with E-state index in [0.717, 1.165) is 12.2 Å². The Labute approximate surface area is 72.0 Å². The van der Waals surface area contributed by atoms with Crippen molar-refractivity contribution in [2.75, 3.05) is 0 Å². The van der Waals surface area contributed by atoms with Gasteiger partial charge in [0.1, 0.15) is 0 Å². The zero-order valence-electron chi connectivity index (χ0n) is 7.33. The van der Waals surface area contributed by atoms with Crippen LogP contribution in [-0.4, -0.2) is 25.4 Å². The van der Waals surface area contributed by atoms with E-state index in [1.54, 1.807) is 0 Å². The summed E-state index contributed by atoms with van der Waals surface area (Å²) in [5.74, 6) is -1.74. The molecule has 0 amide bonds. The molecule has 0 aliphatic rings. The highest BCUT2D eigenvalue weighted by Crippen LogP contribution is 2.02. The van der Waals surface area contributed by atoms with Crippen molar-refractivity contribution in [2.24, 2.45) is 0 Å². The summed E-state index contributed by atoms with van der Waals surface area (Å²) in [6.07, 6.45) is 1.68. The van der Waals surface area contributed by atoms with Gasteiger partial charge in [-0.3, -0.25) is 0 Å². The third-order valence-electron chi connectivity index (χ3n) is 0.769. The first-order chi connectivity index (χ1) is 5.31. The maximum absolute atomic E-state index is 10.8. The van der Waals surface area contributed by atoms with E-state index in [9.17, 15) is 9.59 Å². The van der Waals surface area contributed by atoms with Crippen LogP contribution in [0, 0.1) is 0 Å². The van der Waals surface area contributed by atoms with Gasteiger partial charge >= 0.3 is 11.9 Å². The minimum atomic E-state index is -1.89. The first kappa shape index (κ1) is 10.9. The maximum atomic E-state index is 10.8. The van der Waals surface area contributed by atoms with Crippen molar-refractivity contribution in [1.82, 2.24) is 0 Å². The minimum Gasteiger partial charge on any atom is -0.517 e. The van der Waals surface area contributed by atoms with E-state index in [1.165, 1.54) is 0 Å². The van der Waals surface area contributed by atoms with E-state index in [1.807, 2.05) is 19.6 Å². The SMILES string of the molecule is C[Si](C)(C)OC(=O)/C=C\C(=O)O. The summed E-state index contributed by atoms with van der Waals surface area (Å²) >= 11 is 0. The van der Waals surface area contributed by atoms with Crippen LogP contribution in [0.15, 0.2) is 12.2 Å². The second-order valence-electron chi connectivity index (χ2n) is 3.21. The van der Waals surface area contributed by atoms with Gasteiger partial charge in [0, 0.05) is 12.2 Å². The van der Waals surface area contributed by atoms with Gasteiger partial charge in [-0.2, -0.15) is 0 Å². The highest BCUT2D eigenvalue weighted by atomic mass is 28.4. The van der Waals surface area contributed by atoms with Gasteiger partial charge in [0.25, 0.3) is 0 Å². The smallest absolute Gasteiger partial charge is 0.328 e. The Morgan fingerprint density at radius 2 is 1.75 bits per heavy atom. The summed E-state index contributed by atoms with van der Waals surface area (Å²) in [6.45, 7) is 5.54. The average molecular weight is 188 g/mol. The molecule has 4 nitrogen and oxygen atoms in total. The molecule has 0 unspecified atom stereocenters. The molecule has 0 aromatic rings. The zero-order valence-corrected chi connectivity index (χ0v) is 8.33. The van der Waals surface area contributed by atoms with Crippen molar-refractivity contribution in [2.45, 2.75) is 19.6 Å². The van der Waals surface area contributed by atoms with Gasteiger partial charge in [-0.05, 0) is 19.6 Å². The molecule has 0 aromatic carbocycles. The van der Waals surface area contributed by atoms with Crippen LogP contribution >= 0.6 is 0 Å². The summed E-state index contributed by atoms with van der Waals surface area (Å²) in [7, 11) is -1.89. The van der Waals surface area contributed by atoms with Crippen LogP contribution in [0.4, 0.5) is 0 Å². The highest BCUT2D eigenvalue weighted by molar-refractivity contribution is 6.71. The van der Waals surface area contributed by atoms with Crippen molar-refractivity contribution in [3.05, 3.63) is 12.2 Å². The number of carboxylic acids is 1. The number of rotatable bonds is 3. The summed E-state index contributed by atoms with van der Waals surface area (Å²) in [5.41, 5.74) is 0. The standard InChI is InChI=1S/C7H12O4Si/c1-12(2,3)11-7(10)5-4-6(8)9/h4-5H,1-3H3,(H,8,9)/b5-4-. The van der Waals surface area contributed by atoms with Crippen LogP contribution in [0.25, 0.3) is 0 Å². The molecule has 1 N–H and O–H groups in total. The van der Waals surface area contributed by atoms with Crippen molar-refractivity contribution in [3.8, 4) is 0 Å². The van der Waals surface area contributed by atoms with Crippen molar-refractivity contribution >= 4 is 20.3 Å². The largest absolute Gasteiger partial charge is 0.517 e. The number of hydrogen-bond donors (Lipinski definition) is 1. The Bertz CT molecular complexity index is 214. The molecule has 0 aliphatic heterocycles. The van der Waals surface area contributed by atoms with Gasteiger partial charge in [-0.15, -0.1) is 0 Å². The fourth-order valence-corrected chi connectivity index (χ4v) is 1.15. The molecule has 0 spiro atoms. The molecule has 0 heterocycles. The summed E-state index contributed by atoms with van der Waals surface area (Å²) in [4.78, 5) is 20.8. The van der Waals surface area contributed by atoms with Gasteiger partial charge < -0.3 is 9.53 Å². The fourth-order valence-electron chi connectivity index (χ4n) is 0.475. The molecule has 0 bridgehead atoms. The Morgan fingerprint density at radius 1 is 1.25 bits per heavy atom. The molecule has 68 valence electrons. The monoisotopic (exact) mass is 188 g/mol. The number of hydrogen-bond acceptors (Lipinski definition) is 3. The molecule has 0 fully saturated rings. The lowest BCUT2D eigenvalue weighted by molar-refractivity contribution is -0.133. The van der Waals surface area contributed by atoms with Gasteiger partial charge in [0.15, 0.2) is 0 Å². The van der Waals surface area contributed by atoms with E-state index in [0.29, 0.717) is 0 Å². The Kier molecular flexibility index (Phi) is 3.68. The molecule has 0 radical (unpaired) electrons. The van der Waals surface area contributed by atoms with Crippen LogP contribution in [-0.2, 0) is 14.0 Å². The maximum Gasteiger partial charge on any atom is 0.328 e. The number of aliphatic carboxylic acids is 1. The first-order valence-electron chi connectivity index (χ1n) is 3.45. The van der Waals surface area contributed by atoms with Crippen molar-refractivity contribution in [1.29, 1.82) is 0 Å². The average Bonchev–Trinajstić information content (AvgIpc) is 1.79. The van der Waals surface area contributed by atoms with E-state index in [4.69, 9.17) is 9.53 Å². The predicted octanol–water partition coefficient (Wildman–Crippen LogP) is 1.01. The normalized spacial score (nSPS) is 11.6. The lowest BCUT2D eigenvalue weighted by Gasteiger charge is -2.15. The minimum absolute atomic E-state index is 0.587. The second-order valence-corrected chi connectivity index (χ2v) is 7.63. The highest BCUT2D eigenvalue weighted by Gasteiger charge is 2.18. The van der Waals surface area contributed by atoms with Crippen LogP contribution in [0.3, 0.4) is 0 Å². The van der Waals surface area contributed by atoms with Crippen molar-refractivity contribution < 1.29 is 19.1 Å². The molecular weight excluding hydrogens is 176 g/mol. The quantitative estimate of drug-likeness (QED) is 0.530. The molecule has 0 atom stereocenters. The zero-order chi connectivity index (χ0) is 9.78. The summed E-state index contributed by atoms with van der Waals surface area (Å²) in [6, 6.07) is 0. The number of carboxylic acid groups (broad SMARTS) is 1. The van der Waals surface area contributed by atoms with E-state index in [2.05, 4.69) is 0 Å². The number of carbonyl (C=O) groups is 2. The van der Waals surface area contributed by atoms with E-state index in [-0.39, 0.29) is 0 Å². The van der Waals surface area contributed by atoms with E-state index < -0.39 is 20.3 Å². The molecular formula is C7H12O4Si. The molecule has 0 rings (SSSR count). The van der Waals surface area contributed by atoms with Crippen LogP contribution in [0.2, 0.25) is 19.6 Å². The molecule has 0 saturated heterocycles. The number of carbonyl (C=O) groups excluding carboxylic acids is 1. The lowest BCUT2D eigenvalue weighted by Crippen LogP contribution is -2.28. The Hall–Kier alpha value is -1.10. The third kappa shape index (κ3) is 7.01. The Balaban J connectivity index is 3.99.